The number of aromatic nitrogens is 2. The molecular weight excluding hydrogens is 252 g/mol. The van der Waals surface area contributed by atoms with Gasteiger partial charge in [-0.25, -0.2) is 4.98 Å². The summed E-state index contributed by atoms with van der Waals surface area (Å²) in [5, 5.41) is 0. The summed E-state index contributed by atoms with van der Waals surface area (Å²) in [6.07, 6.45) is 4.69. The lowest BCUT2D eigenvalue weighted by Crippen LogP contribution is -2.41. The molecule has 4 nitrogen and oxygen atoms in total. The smallest absolute Gasteiger partial charge is 0.275 e. The topological polar surface area (TPSA) is 44.1 Å². The van der Waals surface area contributed by atoms with E-state index < -0.39 is 5.60 Å². The molecule has 0 saturated heterocycles. The van der Waals surface area contributed by atoms with Crippen molar-refractivity contribution < 1.29 is 9.53 Å². The minimum atomic E-state index is -0.951. The number of benzene rings is 1. The third kappa shape index (κ3) is 2.74. The summed E-state index contributed by atoms with van der Waals surface area (Å²) in [6, 6.07) is 4.05. The van der Waals surface area contributed by atoms with Crippen LogP contribution in [-0.2, 0) is 0 Å². The Morgan fingerprint density at radius 1 is 1.15 bits per heavy atom. The van der Waals surface area contributed by atoms with Gasteiger partial charge in [0.25, 0.3) is 5.91 Å². The van der Waals surface area contributed by atoms with E-state index in [1.165, 1.54) is 16.5 Å². The molecule has 0 aliphatic carbocycles. The van der Waals surface area contributed by atoms with Crippen LogP contribution in [0.25, 0.3) is 0 Å². The maximum absolute atomic E-state index is 12.4. The van der Waals surface area contributed by atoms with Gasteiger partial charge in [0, 0.05) is 12.4 Å². The number of nitrogens with zero attached hydrogens (tertiary/aromatic N) is 2. The normalized spacial score (nSPS) is 11.4. The largest absolute Gasteiger partial charge is 0.478 e. The monoisotopic (exact) mass is 272 g/mol. The molecule has 2 rings (SSSR count). The Morgan fingerprint density at radius 3 is 2.40 bits per heavy atom. The first kappa shape index (κ1) is 14.3. The second-order valence-corrected chi connectivity index (χ2v) is 5.59. The van der Waals surface area contributed by atoms with E-state index in [0.29, 0.717) is 0 Å². The summed E-state index contributed by atoms with van der Waals surface area (Å²) in [6.45, 7) is 9.62. The Labute approximate surface area is 119 Å². The summed E-state index contributed by atoms with van der Waals surface area (Å²) in [4.78, 5) is 16.3. The Hall–Kier alpha value is -2.10. The van der Waals surface area contributed by atoms with Crippen LogP contribution in [0.4, 0.5) is 0 Å². The third-order valence-corrected chi connectivity index (χ3v) is 3.41. The molecule has 1 heterocycles. The summed E-state index contributed by atoms with van der Waals surface area (Å²) in [7, 11) is 0. The Kier molecular flexibility index (Phi) is 3.66. The average molecular weight is 272 g/mol. The quantitative estimate of drug-likeness (QED) is 0.861. The van der Waals surface area contributed by atoms with Crippen molar-refractivity contribution in [2.45, 2.75) is 40.2 Å². The fourth-order valence-electron chi connectivity index (χ4n) is 2.05. The van der Waals surface area contributed by atoms with E-state index >= 15 is 0 Å². The van der Waals surface area contributed by atoms with Gasteiger partial charge in [-0.05, 0) is 57.4 Å². The highest BCUT2D eigenvalue weighted by molar-refractivity contribution is 5.86. The summed E-state index contributed by atoms with van der Waals surface area (Å²) in [5.41, 5.74) is 2.44. The molecule has 0 amide bonds. The van der Waals surface area contributed by atoms with Gasteiger partial charge in [0.05, 0.1) is 0 Å². The van der Waals surface area contributed by atoms with Crippen molar-refractivity contribution in [2.75, 3.05) is 0 Å². The van der Waals surface area contributed by atoms with Gasteiger partial charge in [-0.3, -0.25) is 9.36 Å². The van der Waals surface area contributed by atoms with Crippen molar-refractivity contribution in [3.05, 3.63) is 47.5 Å². The molecule has 0 N–H and O–H groups in total. The van der Waals surface area contributed by atoms with Crippen molar-refractivity contribution in [2.24, 2.45) is 0 Å². The van der Waals surface area contributed by atoms with Crippen LogP contribution in [0.15, 0.2) is 30.9 Å². The molecule has 0 bridgehead atoms. The fourth-order valence-corrected chi connectivity index (χ4v) is 2.05. The van der Waals surface area contributed by atoms with Crippen LogP contribution in [0.5, 0.6) is 5.75 Å². The Balaban J connectivity index is 2.28. The lowest BCUT2D eigenvalue weighted by molar-refractivity contribution is 0.0485. The van der Waals surface area contributed by atoms with E-state index in [1.807, 2.05) is 19.9 Å². The molecule has 4 heteroatoms. The first-order valence-electron chi connectivity index (χ1n) is 6.61. The molecule has 1 aromatic carbocycles. The molecule has 0 saturated carbocycles. The van der Waals surface area contributed by atoms with Crippen molar-refractivity contribution in [3.8, 4) is 5.75 Å². The highest BCUT2D eigenvalue weighted by atomic mass is 16.5. The minimum absolute atomic E-state index is 0.146. The molecule has 0 spiro atoms. The number of hydrogen-bond acceptors (Lipinski definition) is 3. The van der Waals surface area contributed by atoms with Gasteiger partial charge in [-0.15, -0.1) is 0 Å². The third-order valence-electron chi connectivity index (χ3n) is 3.41. The molecular formula is C16H20N2O2. The predicted octanol–water partition coefficient (Wildman–Crippen LogP) is 3.31. The van der Waals surface area contributed by atoms with Crippen molar-refractivity contribution >= 4 is 5.91 Å². The summed E-state index contributed by atoms with van der Waals surface area (Å²) in [5.74, 6) is 0.596. The van der Waals surface area contributed by atoms with E-state index in [2.05, 4.69) is 18.0 Å². The van der Waals surface area contributed by atoms with Gasteiger partial charge in [0.1, 0.15) is 12.1 Å². The number of imidazole rings is 1. The molecule has 106 valence electrons. The standard InChI is InChI=1S/C16H20N2O2/c1-11-8-13(3)14(9-12(11)2)20-16(4,5)15(19)18-7-6-17-10-18/h6-10H,1-5H3. The molecule has 0 radical (unpaired) electrons. The maximum Gasteiger partial charge on any atom is 0.275 e. The van der Waals surface area contributed by atoms with Gasteiger partial charge >= 0.3 is 0 Å². The Bertz CT molecular complexity index is 628. The first-order chi connectivity index (χ1) is 9.31. The molecule has 20 heavy (non-hydrogen) atoms. The second kappa shape index (κ2) is 5.12. The van der Waals surface area contributed by atoms with Crippen LogP contribution >= 0.6 is 0 Å². The van der Waals surface area contributed by atoms with Crippen LogP contribution in [0.2, 0.25) is 0 Å². The Morgan fingerprint density at radius 2 is 1.80 bits per heavy atom. The molecule has 1 aromatic heterocycles. The second-order valence-electron chi connectivity index (χ2n) is 5.59. The number of rotatable bonds is 3. The van der Waals surface area contributed by atoms with Crippen LogP contribution in [0.3, 0.4) is 0 Å². The van der Waals surface area contributed by atoms with Crippen molar-refractivity contribution in [3.63, 3.8) is 0 Å². The zero-order chi connectivity index (χ0) is 14.9. The highest BCUT2D eigenvalue weighted by Gasteiger charge is 2.31. The number of aryl methyl sites for hydroxylation is 3. The molecule has 0 aliphatic rings. The zero-order valence-electron chi connectivity index (χ0n) is 12.6. The number of hydrogen-bond donors (Lipinski definition) is 0. The van der Waals surface area contributed by atoms with E-state index in [1.54, 1.807) is 26.2 Å². The van der Waals surface area contributed by atoms with Crippen molar-refractivity contribution in [1.29, 1.82) is 0 Å². The highest BCUT2D eigenvalue weighted by Crippen LogP contribution is 2.27. The van der Waals surface area contributed by atoms with Crippen LogP contribution < -0.4 is 4.74 Å². The van der Waals surface area contributed by atoms with Gasteiger partial charge in [0.2, 0.25) is 0 Å². The maximum atomic E-state index is 12.4. The van der Waals surface area contributed by atoms with E-state index in [0.717, 1.165) is 16.9 Å². The fraction of sp³-hybridized carbons (Fsp3) is 0.375. The SMILES string of the molecule is Cc1cc(C)c(OC(C)(C)C(=O)n2ccnc2)cc1C. The van der Waals surface area contributed by atoms with Gasteiger partial charge < -0.3 is 4.74 Å². The van der Waals surface area contributed by atoms with Crippen LogP contribution in [0.1, 0.15) is 35.3 Å². The predicted molar refractivity (Wildman–Crippen MR) is 78.2 cm³/mol. The van der Waals surface area contributed by atoms with Crippen LogP contribution in [0, 0.1) is 20.8 Å². The molecule has 0 fully saturated rings. The van der Waals surface area contributed by atoms with E-state index in [9.17, 15) is 4.79 Å². The first-order valence-corrected chi connectivity index (χ1v) is 6.61. The van der Waals surface area contributed by atoms with E-state index in [4.69, 9.17) is 4.74 Å². The van der Waals surface area contributed by atoms with E-state index in [-0.39, 0.29) is 5.91 Å². The number of ether oxygens (including phenoxy) is 1. The summed E-state index contributed by atoms with van der Waals surface area (Å²) >= 11 is 0. The van der Waals surface area contributed by atoms with Gasteiger partial charge in [-0.1, -0.05) is 6.07 Å². The minimum Gasteiger partial charge on any atom is -0.478 e. The van der Waals surface area contributed by atoms with Crippen LogP contribution in [-0.4, -0.2) is 21.1 Å². The van der Waals surface area contributed by atoms with Gasteiger partial charge in [-0.2, -0.15) is 0 Å². The lowest BCUT2D eigenvalue weighted by atomic mass is 10.0. The molecule has 2 aromatic rings. The summed E-state index contributed by atoms with van der Waals surface area (Å²) < 4.78 is 7.40. The molecule has 0 atom stereocenters. The number of carbonyl (C=O) groups excluding carboxylic acids is 1. The lowest BCUT2D eigenvalue weighted by Gasteiger charge is -2.26. The van der Waals surface area contributed by atoms with Crippen molar-refractivity contribution in [1.82, 2.24) is 9.55 Å². The molecule has 0 aliphatic heterocycles. The number of carbonyl (C=O) groups is 1. The molecule has 0 unspecified atom stereocenters. The average Bonchev–Trinajstić information content (AvgIpc) is 2.88. The van der Waals surface area contributed by atoms with Gasteiger partial charge in [0.15, 0.2) is 5.60 Å². The zero-order valence-corrected chi connectivity index (χ0v) is 12.6.